The van der Waals surface area contributed by atoms with Crippen LogP contribution in [-0.4, -0.2) is 36.1 Å². The summed E-state index contributed by atoms with van der Waals surface area (Å²) in [6.45, 7) is 12.0. The second kappa shape index (κ2) is 10.6. The Labute approximate surface area is 169 Å². The summed E-state index contributed by atoms with van der Waals surface area (Å²) in [5.74, 6) is 0.946. The molecule has 1 aromatic heterocycles. The maximum Gasteiger partial charge on any atom is 0.146 e. The molecule has 0 radical (unpaired) electrons. The summed E-state index contributed by atoms with van der Waals surface area (Å²) in [4.78, 5) is 7.43. The van der Waals surface area contributed by atoms with Gasteiger partial charge in [-0.1, -0.05) is 44.2 Å². The van der Waals surface area contributed by atoms with Gasteiger partial charge in [0.05, 0.1) is 31.2 Å². The largest absolute Gasteiger partial charge is 0.491 e. The molecule has 0 bridgehead atoms. The van der Waals surface area contributed by atoms with Gasteiger partial charge in [-0.2, -0.15) is 0 Å². The SMILES string of the molecule is CCCN(CCC)CCCOc1c(C)nc(Cc2ccccc2)c2c1COC2. The van der Waals surface area contributed by atoms with Crippen LogP contribution in [0.5, 0.6) is 5.75 Å². The van der Waals surface area contributed by atoms with Crippen LogP contribution < -0.4 is 4.74 Å². The molecule has 0 N–H and O–H groups in total. The quantitative estimate of drug-likeness (QED) is 0.518. The fourth-order valence-electron chi connectivity index (χ4n) is 3.99. The molecule has 152 valence electrons. The lowest BCUT2D eigenvalue weighted by atomic mass is 10.0. The van der Waals surface area contributed by atoms with Crippen molar-refractivity contribution in [1.29, 1.82) is 0 Å². The first-order chi connectivity index (χ1) is 13.7. The first-order valence-corrected chi connectivity index (χ1v) is 10.7. The molecular formula is C24H34N2O2. The first kappa shape index (κ1) is 20.8. The van der Waals surface area contributed by atoms with Gasteiger partial charge in [0.2, 0.25) is 0 Å². The third-order valence-electron chi connectivity index (χ3n) is 5.27. The van der Waals surface area contributed by atoms with E-state index in [0.29, 0.717) is 13.2 Å². The molecule has 4 nitrogen and oxygen atoms in total. The van der Waals surface area contributed by atoms with E-state index in [2.05, 4.69) is 56.0 Å². The summed E-state index contributed by atoms with van der Waals surface area (Å²) >= 11 is 0. The second-order valence-electron chi connectivity index (χ2n) is 7.63. The molecule has 0 spiro atoms. The fraction of sp³-hybridized carbons (Fsp3) is 0.542. The second-order valence-corrected chi connectivity index (χ2v) is 7.63. The highest BCUT2D eigenvalue weighted by atomic mass is 16.5. The maximum absolute atomic E-state index is 6.22. The first-order valence-electron chi connectivity index (χ1n) is 10.7. The number of fused-ring (bicyclic) bond motifs is 1. The molecule has 28 heavy (non-hydrogen) atoms. The number of pyridine rings is 1. The Morgan fingerprint density at radius 3 is 2.43 bits per heavy atom. The summed E-state index contributed by atoms with van der Waals surface area (Å²) in [7, 11) is 0. The smallest absolute Gasteiger partial charge is 0.146 e. The van der Waals surface area contributed by atoms with E-state index in [1.807, 2.05) is 0 Å². The van der Waals surface area contributed by atoms with Crippen LogP contribution in [0.25, 0.3) is 0 Å². The monoisotopic (exact) mass is 382 g/mol. The minimum atomic E-state index is 0.633. The molecule has 0 atom stereocenters. The Hall–Kier alpha value is -1.91. The van der Waals surface area contributed by atoms with E-state index in [1.165, 1.54) is 42.6 Å². The van der Waals surface area contributed by atoms with E-state index in [-0.39, 0.29) is 0 Å². The van der Waals surface area contributed by atoms with Crippen molar-refractivity contribution in [2.75, 3.05) is 26.2 Å². The number of ether oxygens (including phenoxy) is 2. The molecule has 1 aliphatic heterocycles. The average molecular weight is 383 g/mol. The van der Waals surface area contributed by atoms with Crippen LogP contribution in [0.15, 0.2) is 30.3 Å². The Kier molecular flexibility index (Phi) is 7.87. The van der Waals surface area contributed by atoms with Gasteiger partial charge in [-0.05, 0) is 44.8 Å². The van der Waals surface area contributed by atoms with Gasteiger partial charge in [-0.15, -0.1) is 0 Å². The fourth-order valence-corrected chi connectivity index (χ4v) is 3.99. The van der Waals surface area contributed by atoms with Crippen molar-refractivity contribution in [3.05, 3.63) is 58.4 Å². The number of aromatic nitrogens is 1. The van der Waals surface area contributed by atoms with Crippen LogP contribution in [0.1, 0.15) is 61.2 Å². The van der Waals surface area contributed by atoms with Gasteiger partial charge < -0.3 is 14.4 Å². The highest BCUT2D eigenvalue weighted by Gasteiger charge is 2.23. The van der Waals surface area contributed by atoms with Crippen LogP contribution in [-0.2, 0) is 24.4 Å². The molecule has 0 amide bonds. The van der Waals surface area contributed by atoms with Crippen molar-refractivity contribution in [1.82, 2.24) is 9.88 Å². The summed E-state index contributed by atoms with van der Waals surface area (Å²) in [6, 6.07) is 10.5. The normalized spacial score (nSPS) is 13.1. The van der Waals surface area contributed by atoms with Gasteiger partial charge in [0.25, 0.3) is 0 Å². The summed E-state index contributed by atoms with van der Waals surface area (Å²) < 4.78 is 12.0. The van der Waals surface area contributed by atoms with E-state index in [4.69, 9.17) is 14.5 Å². The number of aryl methyl sites for hydroxylation is 1. The maximum atomic E-state index is 6.22. The Balaban J connectivity index is 1.65. The standard InChI is InChI=1S/C24H34N2O2/c1-4-12-26(13-5-2)14-9-15-28-24-19(3)25-23(21-17-27-18-22(21)24)16-20-10-7-6-8-11-20/h6-8,10-11H,4-5,9,12-18H2,1-3H3. The summed E-state index contributed by atoms with van der Waals surface area (Å²) in [6.07, 6.45) is 4.30. The topological polar surface area (TPSA) is 34.6 Å². The Morgan fingerprint density at radius 2 is 1.71 bits per heavy atom. The molecule has 1 aromatic carbocycles. The zero-order valence-electron chi connectivity index (χ0n) is 17.7. The Morgan fingerprint density at radius 1 is 1.00 bits per heavy atom. The van der Waals surface area contributed by atoms with E-state index in [1.54, 1.807) is 0 Å². The van der Waals surface area contributed by atoms with Gasteiger partial charge in [-0.3, -0.25) is 4.98 Å². The van der Waals surface area contributed by atoms with Crippen molar-refractivity contribution >= 4 is 0 Å². The lowest BCUT2D eigenvalue weighted by Crippen LogP contribution is -2.27. The van der Waals surface area contributed by atoms with Gasteiger partial charge >= 0.3 is 0 Å². The number of nitrogens with zero attached hydrogens (tertiary/aromatic N) is 2. The number of rotatable bonds is 11. The van der Waals surface area contributed by atoms with Gasteiger partial charge in [0, 0.05) is 24.1 Å². The van der Waals surface area contributed by atoms with Crippen LogP contribution in [0.4, 0.5) is 0 Å². The summed E-state index contributed by atoms with van der Waals surface area (Å²) in [5.41, 5.74) is 5.82. The molecule has 0 fully saturated rings. The number of hydrogen-bond donors (Lipinski definition) is 0. The van der Waals surface area contributed by atoms with Crippen LogP contribution in [0.2, 0.25) is 0 Å². The van der Waals surface area contributed by atoms with Crippen molar-refractivity contribution < 1.29 is 9.47 Å². The molecule has 0 saturated carbocycles. The van der Waals surface area contributed by atoms with Gasteiger partial charge in [0.15, 0.2) is 0 Å². The average Bonchev–Trinajstić information content (AvgIpc) is 3.18. The highest BCUT2D eigenvalue weighted by molar-refractivity contribution is 5.47. The highest BCUT2D eigenvalue weighted by Crippen LogP contribution is 2.34. The molecule has 2 heterocycles. The third kappa shape index (κ3) is 5.33. The van der Waals surface area contributed by atoms with E-state index >= 15 is 0 Å². The predicted molar refractivity (Wildman–Crippen MR) is 114 cm³/mol. The molecule has 2 aromatic rings. The van der Waals surface area contributed by atoms with E-state index in [9.17, 15) is 0 Å². The van der Waals surface area contributed by atoms with Crippen molar-refractivity contribution in [3.8, 4) is 5.75 Å². The number of benzene rings is 1. The van der Waals surface area contributed by atoms with Crippen molar-refractivity contribution in [2.45, 2.75) is 59.7 Å². The van der Waals surface area contributed by atoms with Crippen LogP contribution >= 0.6 is 0 Å². The number of hydrogen-bond acceptors (Lipinski definition) is 4. The van der Waals surface area contributed by atoms with Crippen molar-refractivity contribution in [2.24, 2.45) is 0 Å². The lowest BCUT2D eigenvalue weighted by molar-refractivity contribution is 0.132. The molecule has 0 saturated heterocycles. The molecule has 3 rings (SSSR count). The van der Waals surface area contributed by atoms with Crippen LogP contribution in [0, 0.1) is 6.92 Å². The van der Waals surface area contributed by atoms with E-state index < -0.39 is 0 Å². The lowest BCUT2D eigenvalue weighted by Gasteiger charge is -2.21. The zero-order valence-corrected chi connectivity index (χ0v) is 17.7. The third-order valence-corrected chi connectivity index (χ3v) is 5.27. The molecular weight excluding hydrogens is 348 g/mol. The van der Waals surface area contributed by atoms with E-state index in [0.717, 1.165) is 43.1 Å². The minimum absolute atomic E-state index is 0.633. The van der Waals surface area contributed by atoms with Gasteiger partial charge in [0.1, 0.15) is 5.75 Å². The summed E-state index contributed by atoms with van der Waals surface area (Å²) in [5, 5.41) is 0. The molecule has 0 aliphatic carbocycles. The molecule has 4 heteroatoms. The van der Waals surface area contributed by atoms with Crippen molar-refractivity contribution in [3.63, 3.8) is 0 Å². The van der Waals surface area contributed by atoms with Gasteiger partial charge in [-0.25, -0.2) is 0 Å². The predicted octanol–water partition coefficient (Wildman–Crippen LogP) is 4.90. The Bertz CT molecular complexity index is 740. The molecule has 1 aliphatic rings. The molecule has 0 unspecified atom stereocenters. The minimum Gasteiger partial charge on any atom is -0.491 e. The zero-order chi connectivity index (χ0) is 19.8. The van der Waals surface area contributed by atoms with Crippen LogP contribution in [0.3, 0.4) is 0 Å².